The highest BCUT2D eigenvalue weighted by atomic mass is 32.2. The molecule has 0 amide bonds. The molecule has 0 bridgehead atoms. The van der Waals surface area contributed by atoms with Crippen LogP contribution in [0.2, 0.25) is 0 Å². The third-order valence-corrected chi connectivity index (χ3v) is 8.04. The van der Waals surface area contributed by atoms with Crippen molar-refractivity contribution in [1.82, 2.24) is 13.9 Å². The zero-order chi connectivity index (χ0) is 25.4. The first-order chi connectivity index (χ1) is 16.5. The lowest BCUT2D eigenvalue weighted by atomic mass is 10.2. The predicted octanol–water partition coefficient (Wildman–Crippen LogP) is 4.36. The summed E-state index contributed by atoms with van der Waals surface area (Å²) in [5, 5.41) is -0.336. The number of imidazole rings is 1. The number of nitrogens with zero attached hydrogens (tertiary/aromatic N) is 3. The van der Waals surface area contributed by atoms with Gasteiger partial charge in [0, 0.05) is 11.8 Å². The van der Waals surface area contributed by atoms with E-state index in [-0.39, 0.29) is 38.1 Å². The molecule has 2 aromatic heterocycles. The van der Waals surface area contributed by atoms with Gasteiger partial charge in [-0.2, -0.15) is 8.78 Å². The molecule has 0 aliphatic rings. The third kappa shape index (κ3) is 4.91. The molecule has 35 heavy (non-hydrogen) atoms. The van der Waals surface area contributed by atoms with E-state index >= 15 is 0 Å². The zero-order valence-electron chi connectivity index (χ0n) is 18.0. The summed E-state index contributed by atoms with van der Waals surface area (Å²) in [6.07, 6.45) is -2.93. The standard InChI is InChI=1S/C22H17F4N3O4S2/c1-14-18(27-11-10-20(14)33-22(25,26)13-23)12-34(30)21-28-17-4-2-3-5-19(17)29(21)35(31,32)16-8-6-15(24)7-9-16/h2-11H,12-13H2,1H3. The highest BCUT2D eigenvalue weighted by Crippen LogP contribution is 2.29. The molecule has 2 aromatic carbocycles. The Morgan fingerprint density at radius 2 is 1.77 bits per heavy atom. The van der Waals surface area contributed by atoms with Crippen molar-refractivity contribution in [3.05, 3.63) is 77.9 Å². The molecule has 4 aromatic rings. The fourth-order valence-electron chi connectivity index (χ4n) is 3.26. The zero-order valence-corrected chi connectivity index (χ0v) is 19.6. The molecule has 0 spiro atoms. The van der Waals surface area contributed by atoms with Crippen molar-refractivity contribution in [2.24, 2.45) is 0 Å². The van der Waals surface area contributed by atoms with Crippen LogP contribution in [-0.2, 0) is 26.6 Å². The molecule has 0 fully saturated rings. The molecule has 0 saturated carbocycles. The summed E-state index contributed by atoms with van der Waals surface area (Å²) in [5.41, 5.74) is 0.529. The summed E-state index contributed by atoms with van der Waals surface area (Å²) in [6.45, 7) is -0.664. The Kier molecular flexibility index (Phi) is 6.64. The normalized spacial score (nSPS) is 13.2. The summed E-state index contributed by atoms with van der Waals surface area (Å²) in [6, 6.07) is 11.4. The van der Waals surface area contributed by atoms with Gasteiger partial charge in [0.1, 0.15) is 11.6 Å². The Balaban J connectivity index is 1.78. The highest BCUT2D eigenvalue weighted by Gasteiger charge is 2.33. The molecule has 7 nitrogen and oxygen atoms in total. The van der Waals surface area contributed by atoms with E-state index < -0.39 is 45.2 Å². The number of aromatic nitrogens is 3. The molecule has 1 unspecified atom stereocenters. The van der Waals surface area contributed by atoms with E-state index in [0.717, 1.165) is 40.5 Å². The van der Waals surface area contributed by atoms with Gasteiger partial charge in [0.25, 0.3) is 10.0 Å². The van der Waals surface area contributed by atoms with Gasteiger partial charge >= 0.3 is 6.11 Å². The topological polar surface area (TPSA) is 91.2 Å². The highest BCUT2D eigenvalue weighted by molar-refractivity contribution is 7.91. The maximum atomic E-state index is 13.4. The molecule has 0 radical (unpaired) electrons. The van der Waals surface area contributed by atoms with E-state index in [2.05, 4.69) is 14.7 Å². The van der Waals surface area contributed by atoms with Crippen LogP contribution in [0.5, 0.6) is 5.75 Å². The van der Waals surface area contributed by atoms with E-state index in [1.165, 1.54) is 19.1 Å². The lowest BCUT2D eigenvalue weighted by Gasteiger charge is -2.17. The number of hydrogen-bond donors (Lipinski definition) is 0. The molecule has 0 aliphatic carbocycles. The Labute approximate surface area is 199 Å². The number of rotatable bonds is 8. The van der Waals surface area contributed by atoms with E-state index in [9.17, 15) is 30.2 Å². The monoisotopic (exact) mass is 527 g/mol. The summed E-state index contributed by atoms with van der Waals surface area (Å²) in [7, 11) is -6.47. The molecule has 184 valence electrons. The molecule has 13 heteroatoms. The summed E-state index contributed by atoms with van der Waals surface area (Å²) >= 11 is 0. The smallest absolute Gasteiger partial charge is 0.427 e. The summed E-state index contributed by atoms with van der Waals surface area (Å²) in [5.74, 6) is -1.39. The number of para-hydroxylation sites is 2. The number of pyridine rings is 1. The quantitative estimate of drug-likeness (QED) is 0.316. The summed E-state index contributed by atoms with van der Waals surface area (Å²) in [4.78, 5) is 8.01. The van der Waals surface area contributed by atoms with Crippen LogP contribution in [0.1, 0.15) is 11.3 Å². The van der Waals surface area contributed by atoms with Crippen molar-refractivity contribution in [1.29, 1.82) is 0 Å². The van der Waals surface area contributed by atoms with Crippen LogP contribution in [-0.4, -0.2) is 39.4 Å². The molecule has 1 atom stereocenters. The first-order valence-corrected chi connectivity index (χ1v) is 12.7. The number of benzene rings is 2. The fraction of sp³-hybridized carbons (Fsp3) is 0.182. The van der Waals surface area contributed by atoms with Crippen molar-refractivity contribution >= 4 is 31.9 Å². The van der Waals surface area contributed by atoms with Crippen molar-refractivity contribution in [2.75, 3.05) is 6.67 Å². The average Bonchev–Trinajstić information content (AvgIpc) is 3.22. The Morgan fingerprint density at radius 1 is 1.09 bits per heavy atom. The van der Waals surface area contributed by atoms with E-state index in [4.69, 9.17) is 0 Å². The SMILES string of the molecule is Cc1c(OC(F)(F)CF)ccnc1CS(=O)c1nc2ccccc2n1S(=O)(=O)c1ccc(F)cc1. The minimum Gasteiger partial charge on any atom is -0.430 e. The van der Waals surface area contributed by atoms with Gasteiger partial charge in [-0.15, -0.1) is 0 Å². The first kappa shape index (κ1) is 24.8. The predicted molar refractivity (Wildman–Crippen MR) is 119 cm³/mol. The number of halogens is 4. The van der Waals surface area contributed by atoms with Crippen molar-refractivity contribution in [2.45, 2.75) is 28.8 Å². The maximum Gasteiger partial charge on any atom is 0.427 e. The van der Waals surface area contributed by atoms with Crippen molar-refractivity contribution in [3.8, 4) is 5.75 Å². The van der Waals surface area contributed by atoms with Crippen molar-refractivity contribution in [3.63, 3.8) is 0 Å². The van der Waals surface area contributed by atoms with Crippen molar-refractivity contribution < 1.29 is 34.9 Å². The van der Waals surface area contributed by atoms with Gasteiger partial charge in [0.2, 0.25) is 5.16 Å². The van der Waals surface area contributed by atoms with E-state index in [0.29, 0.717) is 0 Å². The minimum atomic E-state index is -4.34. The van der Waals surface area contributed by atoms with Crippen LogP contribution in [0.3, 0.4) is 0 Å². The lowest BCUT2D eigenvalue weighted by Crippen LogP contribution is -2.27. The summed E-state index contributed by atoms with van der Waals surface area (Å²) < 4.78 is 98.1. The number of fused-ring (bicyclic) bond motifs is 1. The van der Waals surface area contributed by atoms with Crippen LogP contribution in [0, 0.1) is 12.7 Å². The fourth-order valence-corrected chi connectivity index (χ4v) is 6.31. The average molecular weight is 528 g/mol. The van der Waals surface area contributed by atoms with Crippen LogP contribution in [0.25, 0.3) is 11.0 Å². The van der Waals surface area contributed by atoms with E-state index in [1.807, 2.05) is 0 Å². The van der Waals surface area contributed by atoms with Crippen LogP contribution >= 0.6 is 0 Å². The molecule has 2 heterocycles. The Morgan fingerprint density at radius 3 is 2.46 bits per heavy atom. The molecule has 4 rings (SSSR count). The van der Waals surface area contributed by atoms with E-state index in [1.54, 1.807) is 12.1 Å². The molecule has 0 aliphatic heterocycles. The Bertz CT molecular complexity index is 1520. The van der Waals surface area contributed by atoms with Crippen LogP contribution in [0.15, 0.2) is 70.8 Å². The number of alkyl halides is 3. The van der Waals surface area contributed by atoms with Crippen LogP contribution in [0.4, 0.5) is 17.6 Å². The van der Waals surface area contributed by atoms with Gasteiger partial charge in [0.05, 0.1) is 38.2 Å². The lowest BCUT2D eigenvalue weighted by molar-refractivity contribution is -0.186. The molecular formula is C22H17F4N3O4S2. The Hall–Kier alpha value is -3.32. The number of hydrogen-bond acceptors (Lipinski definition) is 6. The molecule has 0 N–H and O–H groups in total. The second-order valence-corrected chi connectivity index (χ2v) is 10.5. The van der Waals surface area contributed by atoms with Gasteiger partial charge in [-0.1, -0.05) is 12.1 Å². The minimum absolute atomic E-state index is 0.0632. The van der Waals surface area contributed by atoms with Crippen LogP contribution < -0.4 is 4.74 Å². The van der Waals surface area contributed by atoms with Gasteiger partial charge in [-0.25, -0.2) is 26.2 Å². The second kappa shape index (κ2) is 9.38. The molecule has 0 saturated heterocycles. The van der Waals surface area contributed by atoms with Gasteiger partial charge < -0.3 is 4.74 Å². The first-order valence-electron chi connectivity index (χ1n) is 9.98. The largest absolute Gasteiger partial charge is 0.430 e. The third-order valence-electron chi connectivity index (χ3n) is 4.99. The maximum absolute atomic E-state index is 13.4. The second-order valence-electron chi connectivity index (χ2n) is 7.35. The molecular weight excluding hydrogens is 510 g/mol. The van der Waals surface area contributed by atoms with Gasteiger partial charge in [-0.05, 0) is 49.4 Å². The van der Waals surface area contributed by atoms with Gasteiger partial charge in [-0.3, -0.25) is 9.19 Å². The van der Waals surface area contributed by atoms with Gasteiger partial charge in [0.15, 0.2) is 6.67 Å². The number of ether oxygens (including phenoxy) is 1.